The second-order valence-corrected chi connectivity index (χ2v) is 5.58. The summed E-state index contributed by atoms with van der Waals surface area (Å²) in [5.41, 5.74) is 0.599. The van der Waals surface area contributed by atoms with E-state index in [9.17, 15) is 18.8 Å². The number of nitrogens with one attached hydrogen (secondary N) is 2. The van der Waals surface area contributed by atoms with Crippen molar-refractivity contribution in [1.82, 2.24) is 5.32 Å². The molecule has 0 radical (unpaired) electrons. The normalized spacial score (nSPS) is 16.8. The van der Waals surface area contributed by atoms with Gasteiger partial charge in [-0.3, -0.25) is 9.59 Å². The number of anilines is 2. The molecule has 3 rings (SSSR count). The van der Waals surface area contributed by atoms with E-state index < -0.39 is 29.6 Å². The molecule has 26 heavy (non-hydrogen) atoms. The zero-order valence-corrected chi connectivity index (χ0v) is 13.9. The Balaban J connectivity index is 1.81. The average molecular weight is 357 g/mol. The van der Waals surface area contributed by atoms with Gasteiger partial charge in [-0.05, 0) is 36.4 Å². The number of halogens is 1. The predicted molar refractivity (Wildman–Crippen MR) is 92.4 cm³/mol. The molecule has 8 heteroatoms. The molecule has 134 valence electrons. The number of carbonyl (C=O) groups is 3. The first kappa shape index (κ1) is 17.4. The number of ether oxygens (including phenoxy) is 1. The minimum Gasteiger partial charge on any atom is -0.495 e. The minimum absolute atomic E-state index is 0.129. The summed E-state index contributed by atoms with van der Waals surface area (Å²) in [5, 5.41) is 5.14. The highest BCUT2D eigenvalue weighted by atomic mass is 19.1. The molecule has 1 aliphatic rings. The van der Waals surface area contributed by atoms with Crippen molar-refractivity contribution in [3.63, 3.8) is 0 Å². The number of benzene rings is 2. The first-order valence-electron chi connectivity index (χ1n) is 7.82. The molecule has 0 aliphatic carbocycles. The van der Waals surface area contributed by atoms with Crippen LogP contribution in [-0.4, -0.2) is 31.5 Å². The fourth-order valence-electron chi connectivity index (χ4n) is 2.62. The van der Waals surface area contributed by atoms with Crippen molar-refractivity contribution >= 4 is 29.2 Å². The van der Waals surface area contributed by atoms with E-state index in [4.69, 9.17) is 4.74 Å². The number of nitrogens with zero attached hydrogens (tertiary/aromatic N) is 1. The van der Waals surface area contributed by atoms with Crippen LogP contribution in [0.2, 0.25) is 0 Å². The average Bonchev–Trinajstić information content (AvgIpc) is 2.63. The van der Waals surface area contributed by atoms with Crippen LogP contribution in [0.25, 0.3) is 0 Å². The van der Waals surface area contributed by atoms with Crippen LogP contribution in [0.4, 0.5) is 20.6 Å². The molecule has 0 aromatic heterocycles. The minimum atomic E-state index is -1.12. The van der Waals surface area contributed by atoms with Crippen LogP contribution in [0.5, 0.6) is 5.75 Å². The van der Waals surface area contributed by atoms with Crippen LogP contribution in [0.15, 0.2) is 48.5 Å². The first-order chi connectivity index (χ1) is 12.5. The third-order valence-corrected chi connectivity index (χ3v) is 3.95. The lowest BCUT2D eigenvalue weighted by molar-refractivity contribution is -0.130. The number of imide groups is 1. The Hall–Kier alpha value is -3.42. The van der Waals surface area contributed by atoms with Gasteiger partial charge in [-0.1, -0.05) is 12.1 Å². The highest BCUT2D eigenvalue weighted by Crippen LogP contribution is 2.25. The second kappa shape index (κ2) is 7.22. The lowest BCUT2D eigenvalue weighted by atomic mass is 10.0. The van der Waals surface area contributed by atoms with Crippen LogP contribution in [0.1, 0.15) is 0 Å². The van der Waals surface area contributed by atoms with E-state index in [0.29, 0.717) is 11.4 Å². The number of hydrogen-bond acceptors (Lipinski definition) is 4. The fraction of sp³-hybridized carbons (Fsp3) is 0.167. The molecule has 0 saturated carbocycles. The van der Waals surface area contributed by atoms with Crippen molar-refractivity contribution in [2.75, 3.05) is 23.9 Å². The van der Waals surface area contributed by atoms with E-state index >= 15 is 0 Å². The molecule has 0 bridgehead atoms. The molecule has 4 amide bonds. The lowest BCUT2D eigenvalue weighted by Crippen LogP contribution is -2.58. The van der Waals surface area contributed by atoms with Crippen LogP contribution >= 0.6 is 0 Å². The standard InChI is InChI=1S/C18H16FN3O4/c1-26-15-5-3-2-4-14(15)21-16(23)13-10-20-18(25)22(17(13)24)12-8-6-11(19)7-9-12/h2-9,13H,10H2,1H3,(H,20,25)(H,21,23). The quantitative estimate of drug-likeness (QED) is 0.821. The van der Waals surface area contributed by atoms with E-state index in [1.54, 1.807) is 24.3 Å². The summed E-state index contributed by atoms with van der Waals surface area (Å²) in [6, 6.07) is 11.0. The topological polar surface area (TPSA) is 87.7 Å². The third kappa shape index (κ3) is 3.34. The highest BCUT2D eigenvalue weighted by molar-refractivity contribution is 6.23. The maximum atomic E-state index is 13.1. The Labute approximate surface area is 148 Å². The Kier molecular flexibility index (Phi) is 4.83. The molecule has 2 aromatic rings. The maximum absolute atomic E-state index is 13.1. The van der Waals surface area contributed by atoms with Crippen LogP contribution < -0.4 is 20.3 Å². The van der Waals surface area contributed by atoms with Crippen molar-refractivity contribution in [3.05, 3.63) is 54.3 Å². The van der Waals surface area contributed by atoms with Crippen molar-refractivity contribution < 1.29 is 23.5 Å². The van der Waals surface area contributed by atoms with Gasteiger partial charge >= 0.3 is 6.03 Å². The van der Waals surface area contributed by atoms with Gasteiger partial charge in [0.2, 0.25) is 11.8 Å². The Morgan fingerprint density at radius 2 is 1.88 bits per heavy atom. The van der Waals surface area contributed by atoms with Gasteiger partial charge in [-0.25, -0.2) is 14.1 Å². The molecular weight excluding hydrogens is 341 g/mol. The summed E-state index contributed by atoms with van der Waals surface area (Å²) >= 11 is 0. The molecule has 1 unspecified atom stereocenters. The molecule has 2 N–H and O–H groups in total. The zero-order valence-electron chi connectivity index (χ0n) is 13.9. The monoisotopic (exact) mass is 357 g/mol. The predicted octanol–water partition coefficient (Wildman–Crippen LogP) is 2.15. The van der Waals surface area contributed by atoms with E-state index in [2.05, 4.69) is 10.6 Å². The SMILES string of the molecule is COc1ccccc1NC(=O)C1CNC(=O)N(c2ccc(F)cc2)C1=O. The number of carbonyl (C=O) groups excluding carboxylic acids is 3. The summed E-state index contributed by atoms with van der Waals surface area (Å²) in [5.74, 6) is -2.44. The van der Waals surface area contributed by atoms with Gasteiger partial charge in [0, 0.05) is 6.54 Å². The first-order valence-corrected chi connectivity index (χ1v) is 7.82. The number of rotatable bonds is 4. The molecule has 0 spiro atoms. The van der Waals surface area contributed by atoms with Gasteiger partial charge in [-0.15, -0.1) is 0 Å². The number of methoxy groups -OCH3 is 1. The summed E-state index contributed by atoms with van der Waals surface area (Å²) < 4.78 is 18.3. The van der Waals surface area contributed by atoms with Crippen LogP contribution in [-0.2, 0) is 9.59 Å². The van der Waals surface area contributed by atoms with E-state index in [1.165, 1.54) is 19.2 Å². The second-order valence-electron chi connectivity index (χ2n) is 5.58. The van der Waals surface area contributed by atoms with Gasteiger partial charge in [-0.2, -0.15) is 0 Å². The van der Waals surface area contributed by atoms with Gasteiger partial charge < -0.3 is 15.4 Å². The molecule has 2 aromatic carbocycles. The summed E-state index contributed by atoms with van der Waals surface area (Å²) in [6.45, 7) is -0.129. The maximum Gasteiger partial charge on any atom is 0.328 e. The van der Waals surface area contributed by atoms with Crippen molar-refractivity contribution in [2.45, 2.75) is 0 Å². The van der Waals surface area contributed by atoms with Crippen LogP contribution in [0.3, 0.4) is 0 Å². The van der Waals surface area contributed by atoms with Crippen molar-refractivity contribution in [1.29, 1.82) is 0 Å². The van der Waals surface area contributed by atoms with Gasteiger partial charge in [0.1, 0.15) is 17.5 Å². The molecule has 1 aliphatic heterocycles. The molecule has 1 fully saturated rings. The zero-order chi connectivity index (χ0) is 18.7. The Morgan fingerprint density at radius 3 is 2.58 bits per heavy atom. The van der Waals surface area contributed by atoms with Gasteiger partial charge in [0.25, 0.3) is 0 Å². The van der Waals surface area contributed by atoms with E-state index in [1.807, 2.05) is 0 Å². The fourth-order valence-corrected chi connectivity index (χ4v) is 2.62. The lowest BCUT2D eigenvalue weighted by Gasteiger charge is -2.30. The van der Waals surface area contributed by atoms with Crippen LogP contribution in [0, 0.1) is 11.7 Å². The summed E-state index contributed by atoms with van der Waals surface area (Å²) in [7, 11) is 1.47. The van der Waals surface area contributed by atoms with Gasteiger partial charge in [0.15, 0.2) is 0 Å². The summed E-state index contributed by atoms with van der Waals surface area (Å²) in [6.07, 6.45) is 0. The summed E-state index contributed by atoms with van der Waals surface area (Å²) in [4.78, 5) is 38.1. The molecule has 1 heterocycles. The third-order valence-electron chi connectivity index (χ3n) is 3.95. The van der Waals surface area contributed by atoms with Crippen molar-refractivity contribution in [3.8, 4) is 5.75 Å². The number of hydrogen-bond donors (Lipinski definition) is 2. The Morgan fingerprint density at radius 1 is 1.19 bits per heavy atom. The smallest absolute Gasteiger partial charge is 0.328 e. The number of para-hydroxylation sites is 2. The number of urea groups is 1. The molecular formula is C18H16FN3O4. The Bertz CT molecular complexity index is 854. The molecule has 1 saturated heterocycles. The molecule has 7 nitrogen and oxygen atoms in total. The molecule has 1 atom stereocenters. The highest BCUT2D eigenvalue weighted by Gasteiger charge is 2.39. The number of amides is 4. The van der Waals surface area contributed by atoms with Gasteiger partial charge in [0.05, 0.1) is 18.5 Å². The van der Waals surface area contributed by atoms with E-state index in [0.717, 1.165) is 17.0 Å². The van der Waals surface area contributed by atoms with Crippen molar-refractivity contribution in [2.24, 2.45) is 5.92 Å². The van der Waals surface area contributed by atoms with E-state index in [-0.39, 0.29) is 12.2 Å². The largest absolute Gasteiger partial charge is 0.495 e.